The van der Waals surface area contributed by atoms with E-state index < -0.39 is 0 Å². The summed E-state index contributed by atoms with van der Waals surface area (Å²) in [7, 11) is 3.09. The number of pyridine rings is 1. The van der Waals surface area contributed by atoms with Gasteiger partial charge in [-0.1, -0.05) is 11.3 Å². The molecule has 0 bridgehead atoms. The molecule has 0 unspecified atom stereocenters. The number of anilines is 2. The van der Waals surface area contributed by atoms with Crippen molar-refractivity contribution in [2.45, 2.75) is 11.5 Å². The van der Waals surface area contributed by atoms with E-state index in [4.69, 9.17) is 9.47 Å². The van der Waals surface area contributed by atoms with Gasteiger partial charge in [-0.25, -0.2) is 4.98 Å². The molecule has 26 heavy (non-hydrogen) atoms. The number of aliphatic hydroxyl groups is 1. The Morgan fingerprint density at radius 3 is 2.27 bits per heavy atom. The Hall–Kier alpha value is -2.29. The summed E-state index contributed by atoms with van der Waals surface area (Å²) in [5.41, 5.74) is 2.40. The van der Waals surface area contributed by atoms with E-state index in [-0.39, 0.29) is 6.61 Å². The molecule has 0 spiro atoms. The van der Waals surface area contributed by atoms with E-state index in [2.05, 4.69) is 15.3 Å². The lowest BCUT2D eigenvalue weighted by Gasteiger charge is -2.06. The number of thioether (sulfide) groups is 1. The molecule has 0 atom stereocenters. The van der Waals surface area contributed by atoms with Gasteiger partial charge in [0.05, 0.1) is 31.4 Å². The molecule has 0 saturated carbocycles. The predicted molar refractivity (Wildman–Crippen MR) is 106 cm³/mol. The molecule has 2 N–H and O–H groups in total. The fourth-order valence-corrected chi connectivity index (χ4v) is 3.63. The molecule has 8 heteroatoms. The monoisotopic (exact) mass is 389 g/mol. The van der Waals surface area contributed by atoms with Crippen molar-refractivity contribution in [3.05, 3.63) is 41.3 Å². The van der Waals surface area contributed by atoms with Gasteiger partial charge < -0.3 is 19.9 Å². The highest BCUT2D eigenvalue weighted by atomic mass is 32.2. The second-order valence-corrected chi connectivity index (χ2v) is 7.21. The Labute approximate surface area is 160 Å². The molecule has 0 radical (unpaired) electrons. The lowest BCUT2D eigenvalue weighted by atomic mass is 10.2. The summed E-state index contributed by atoms with van der Waals surface area (Å²) in [6.07, 6.45) is 2.04. The smallest absolute Gasteiger partial charge is 0.216 e. The van der Waals surface area contributed by atoms with Crippen molar-refractivity contribution < 1.29 is 14.6 Å². The molecule has 0 aliphatic heterocycles. The normalized spacial score (nSPS) is 10.6. The van der Waals surface area contributed by atoms with Gasteiger partial charge in [0.25, 0.3) is 0 Å². The largest absolute Gasteiger partial charge is 0.481 e. The third-order valence-corrected chi connectivity index (χ3v) is 5.35. The zero-order valence-corrected chi connectivity index (χ0v) is 16.3. The molecule has 0 saturated heterocycles. The van der Waals surface area contributed by atoms with Crippen molar-refractivity contribution in [2.75, 3.05) is 25.8 Å². The number of hydrogen-bond donors (Lipinski definition) is 2. The van der Waals surface area contributed by atoms with Crippen LogP contribution >= 0.6 is 23.1 Å². The van der Waals surface area contributed by atoms with Crippen LogP contribution < -0.4 is 14.8 Å². The summed E-state index contributed by atoms with van der Waals surface area (Å²) in [5.74, 6) is 0.858. The third-order valence-electron chi connectivity index (χ3n) is 3.65. The highest BCUT2D eigenvalue weighted by Crippen LogP contribution is 2.35. The number of hydrogen-bond acceptors (Lipinski definition) is 8. The van der Waals surface area contributed by atoms with Gasteiger partial charge in [0.15, 0.2) is 5.13 Å². The summed E-state index contributed by atoms with van der Waals surface area (Å²) in [5, 5.41) is 13.7. The number of aromatic nitrogens is 2. The number of nitrogens with one attached hydrogen (secondary N) is 1. The van der Waals surface area contributed by atoms with Crippen LogP contribution in [0.25, 0.3) is 11.3 Å². The van der Waals surface area contributed by atoms with Crippen LogP contribution in [0.2, 0.25) is 0 Å². The Morgan fingerprint density at radius 2 is 1.73 bits per heavy atom. The van der Waals surface area contributed by atoms with Crippen molar-refractivity contribution in [1.82, 2.24) is 9.97 Å². The fraction of sp³-hybridized carbons (Fsp3) is 0.222. The number of thiazole rings is 1. The molecule has 0 aliphatic carbocycles. The molecule has 0 amide bonds. The van der Waals surface area contributed by atoms with E-state index in [1.165, 1.54) is 16.2 Å². The molecular formula is C18H19N3O3S2. The molecule has 0 aliphatic rings. The first kappa shape index (κ1) is 18.5. The SMILES string of the molecule is COc1cc(-c2nc(Nc3ccc(SC)cc3)sc2CO)cc(OC)n1. The maximum absolute atomic E-state index is 9.74. The number of ether oxygens (including phenoxy) is 2. The van der Waals surface area contributed by atoms with Crippen molar-refractivity contribution >= 4 is 33.9 Å². The van der Waals surface area contributed by atoms with Crippen LogP contribution in [-0.2, 0) is 6.61 Å². The average molecular weight is 390 g/mol. The second-order valence-electron chi connectivity index (χ2n) is 5.24. The first-order valence-electron chi connectivity index (χ1n) is 7.79. The quantitative estimate of drug-likeness (QED) is 0.587. The van der Waals surface area contributed by atoms with Gasteiger partial charge >= 0.3 is 0 Å². The number of aliphatic hydroxyl groups excluding tert-OH is 1. The lowest BCUT2D eigenvalue weighted by Crippen LogP contribution is -1.95. The highest BCUT2D eigenvalue weighted by Gasteiger charge is 2.15. The van der Waals surface area contributed by atoms with Crippen LogP contribution in [0.4, 0.5) is 10.8 Å². The first-order chi connectivity index (χ1) is 12.7. The van der Waals surface area contributed by atoms with Gasteiger partial charge in [0.2, 0.25) is 11.8 Å². The zero-order chi connectivity index (χ0) is 18.5. The molecule has 6 nitrogen and oxygen atoms in total. The van der Waals surface area contributed by atoms with Crippen molar-refractivity contribution in [3.8, 4) is 23.0 Å². The van der Waals surface area contributed by atoms with Crippen LogP contribution in [-0.4, -0.2) is 35.5 Å². The Bertz CT molecular complexity index is 860. The van der Waals surface area contributed by atoms with Crippen LogP contribution in [0.3, 0.4) is 0 Å². The van der Waals surface area contributed by atoms with Gasteiger partial charge in [-0.15, -0.1) is 11.8 Å². The van der Waals surface area contributed by atoms with E-state index in [0.29, 0.717) is 22.6 Å². The zero-order valence-electron chi connectivity index (χ0n) is 14.6. The van der Waals surface area contributed by atoms with Gasteiger partial charge in [0, 0.05) is 28.3 Å². The summed E-state index contributed by atoms with van der Waals surface area (Å²) < 4.78 is 10.4. The Kier molecular flexibility index (Phi) is 5.97. The minimum Gasteiger partial charge on any atom is -0.481 e. The van der Waals surface area contributed by atoms with E-state index >= 15 is 0 Å². The summed E-state index contributed by atoms with van der Waals surface area (Å²) in [6, 6.07) is 11.6. The molecule has 3 aromatic rings. The highest BCUT2D eigenvalue weighted by molar-refractivity contribution is 7.98. The van der Waals surface area contributed by atoms with Crippen molar-refractivity contribution in [3.63, 3.8) is 0 Å². The second kappa shape index (κ2) is 8.39. The summed E-state index contributed by atoms with van der Waals surface area (Å²) in [6.45, 7) is -0.104. The van der Waals surface area contributed by atoms with E-state index in [1.54, 1.807) is 38.1 Å². The molecular weight excluding hydrogens is 370 g/mol. The summed E-state index contributed by atoms with van der Waals surface area (Å²) >= 11 is 3.10. The van der Waals surface area contributed by atoms with Crippen molar-refractivity contribution in [2.24, 2.45) is 0 Å². The number of benzene rings is 1. The van der Waals surface area contributed by atoms with Gasteiger partial charge in [0.1, 0.15) is 0 Å². The van der Waals surface area contributed by atoms with Crippen LogP contribution in [0.15, 0.2) is 41.3 Å². The van der Waals surface area contributed by atoms with Crippen LogP contribution in [0.1, 0.15) is 4.88 Å². The number of rotatable bonds is 7. The predicted octanol–water partition coefficient (Wildman–Crippen LogP) is 4.18. The number of nitrogens with zero attached hydrogens (tertiary/aromatic N) is 2. The topological polar surface area (TPSA) is 76.5 Å². The molecule has 2 aromatic heterocycles. The fourth-order valence-electron chi connectivity index (χ4n) is 2.36. The van der Waals surface area contributed by atoms with Crippen molar-refractivity contribution in [1.29, 1.82) is 0 Å². The number of methoxy groups -OCH3 is 2. The molecule has 1 aromatic carbocycles. The lowest BCUT2D eigenvalue weighted by molar-refractivity contribution is 0.286. The van der Waals surface area contributed by atoms with E-state index in [0.717, 1.165) is 16.1 Å². The maximum atomic E-state index is 9.74. The van der Waals surface area contributed by atoms with Gasteiger partial charge in [-0.2, -0.15) is 4.98 Å². The van der Waals surface area contributed by atoms with Gasteiger partial charge in [-0.3, -0.25) is 0 Å². The van der Waals surface area contributed by atoms with Gasteiger partial charge in [-0.05, 0) is 30.5 Å². The average Bonchev–Trinajstić information content (AvgIpc) is 3.11. The molecule has 2 heterocycles. The third kappa shape index (κ3) is 4.09. The Morgan fingerprint density at radius 1 is 1.08 bits per heavy atom. The molecule has 136 valence electrons. The molecule has 0 fully saturated rings. The Balaban J connectivity index is 1.93. The minimum absolute atomic E-state index is 0.104. The van der Waals surface area contributed by atoms with Crippen LogP contribution in [0.5, 0.6) is 11.8 Å². The maximum Gasteiger partial charge on any atom is 0.216 e. The van der Waals surface area contributed by atoms with E-state index in [1.807, 2.05) is 30.5 Å². The summed E-state index contributed by atoms with van der Waals surface area (Å²) in [4.78, 5) is 10.8. The minimum atomic E-state index is -0.104. The van der Waals surface area contributed by atoms with Crippen LogP contribution in [0, 0.1) is 0 Å². The standard InChI is InChI=1S/C18H19N3O3S2/c1-23-15-8-11(9-16(20-15)24-2)17-14(10-22)26-18(21-17)19-12-4-6-13(25-3)7-5-12/h4-9,22H,10H2,1-3H3,(H,19,21). The van der Waals surface area contributed by atoms with E-state index in [9.17, 15) is 5.11 Å². The molecule has 3 rings (SSSR count). The first-order valence-corrected chi connectivity index (χ1v) is 9.83.